The molecule has 0 aliphatic heterocycles. The third-order valence-electron chi connectivity index (χ3n) is 5.28. The molecule has 0 amide bonds. The zero-order valence-corrected chi connectivity index (χ0v) is 15.5. The Balaban J connectivity index is 1.77. The summed E-state index contributed by atoms with van der Waals surface area (Å²) in [6.45, 7) is 4.26. The van der Waals surface area contributed by atoms with Gasteiger partial charge in [-0.15, -0.1) is 11.3 Å². The van der Waals surface area contributed by atoms with Crippen LogP contribution in [0, 0.1) is 12.8 Å². The number of nitrogens with two attached hydrogens (primary N) is 1. The summed E-state index contributed by atoms with van der Waals surface area (Å²) in [5.74, 6) is 0.727. The van der Waals surface area contributed by atoms with Crippen LogP contribution < -0.4 is 5.73 Å². The first kappa shape index (κ1) is 16.3. The van der Waals surface area contributed by atoms with E-state index in [-0.39, 0.29) is 5.78 Å². The van der Waals surface area contributed by atoms with Crippen molar-refractivity contribution in [2.45, 2.75) is 39.5 Å². The molecule has 2 heterocycles. The lowest BCUT2D eigenvalue weighted by molar-refractivity contribution is 0.104. The standard InChI is InChI=1S/C21H22N2OS/c1-3-13-6-9-17-15(10-13)11-16-18(22)20(25-21(16)23-17)19(24)14-7-4-12(2)5-8-14/h4-5,7-8,11,13H,3,6,9-10,22H2,1-2H3. The highest BCUT2D eigenvalue weighted by molar-refractivity contribution is 7.21. The Hall–Kier alpha value is -2.20. The van der Waals surface area contributed by atoms with Gasteiger partial charge in [0.05, 0.1) is 5.69 Å². The molecular weight excluding hydrogens is 328 g/mol. The summed E-state index contributed by atoms with van der Waals surface area (Å²) in [5, 5.41) is 0.941. The highest BCUT2D eigenvalue weighted by Crippen LogP contribution is 2.37. The Morgan fingerprint density at radius 3 is 2.80 bits per heavy atom. The van der Waals surface area contributed by atoms with E-state index in [1.165, 1.54) is 35.4 Å². The number of ketones is 1. The van der Waals surface area contributed by atoms with E-state index in [1.54, 1.807) is 0 Å². The van der Waals surface area contributed by atoms with E-state index in [0.717, 1.165) is 34.5 Å². The van der Waals surface area contributed by atoms with Crippen LogP contribution in [0.15, 0.2) is 30.3 Å². The van der Waals surface area contributed by atoms with Gasteiger partial charge < -0.3 is 5.73 Å². The van der Waals surface area contributed by atoms with Crippen molar-refractivity contribution in [1.29, 1.82) is 0 Å². The fraction of sp³-hybridized carbons (Fsp3) is 0.333. The molecule has 4 heteroatoms. The Morgan fingerprint density at radius 2 is 2.08 bits per heavy atom. The molecule has 2 N–H and O–H groups in total. The normalized spacial score (nSPS) is 16.8. The minimum atomic E-state index is -0.00935. The topological polar surface area (TPSA) is 56.0 Å². The molecule has 3 nitrogen and oxygen atoms in total. The molecule has 128 valence electrons. The fourth-order valence-electron chi connectivity index (χ4n) is 3.62. The summed E-state index contributed by atoms with van der Waals surface area (Å²) in [7, 11) is 0. The van der Waals surface area contributed by atoms with E-state index >= 15 is 0 Å². The predicted octanol–water partition coefficient (Wildman–Crippen LogP) is 4.93. The zero-order chi connectivity index (χ0) is 17.6. The molecule has 0 fully saturated rings. The SMILES string of the molecule is CCC1CCc2nc3sc(C(=O)c4ccc(C)cc4)c(N)c3cc2C1. The van der Waals surface area contributed by atoms with E-state index in [2.05, 4.69) is 13.0 Å². The average molecular weight is 350 g/mol. The molecule has 1 aliphatic rings. The number of rotatable bonds is 3. The van der Waals surface area contributed by atoms with Gasteiger partial charge in [0.25, 0.3) is 0 Å². The number of pyridine rings is 1. The van der Waals surface area contributed by atoms with E-state index < -0.39 is 0 Å². The molecule has 1 aromatic carbocycles. The second-order valence-corrected chi connectivity index (χ2v) is 8.00. The predicted molar refractivity (Wildman–Crippen MR) is 104 cm³/mol. The quantitative estimate of drug-likeness (QED) is 0.681. The number of hydrogen-bond donors (Lipinski definition) is 1. The average Bonchev–Trinajstić information content (AvgIpc) is 2.95. The first-order chi connectivity index (χ1) is 12.1. The number of nitrogens with zero attached hydrogens (tertiary/aromatic N) is 1. The third-order valence-corrected chi connectivity index (χ3v) is 6.40. The van der Waals surface area contributed by atoms with Crippen LogP contribution in [0.1, 0.15) is 51.8 Å². The number of benzene rings is 1. The van der Waals surface area contributed by atoms with E-state index in [4.69, 9.17) is 10.7 Å². The number of aromatic nitrogens is 1. The van der Waals surface area contributed by atoms with Crippen LogP contribution in [-0.2, 0) is 12.8 Å². The first-order valence-electron chi connectivity index (χ1n) is 8.89. The van der Waals surface area contributed by atoms with Crippen molar-refractivity contribution in [3.05, 3.63) is 57.6 Å². The van der Waals surface area contributed by atoms with Crippen molar-refractivity contribution in [2.75, 3.05) is 5.73 Å². The van der Waals surface area contributed by atoms with Crippen LogP contribution in [0.25, 0.3) is 10.2 Å². The highest BCUT2D eigenvalue weighted by atomic mass is 32.1. The van der Waals surface area contributed by atoms with Gasteiger partial charge in [-0.2, -0.15) is 0 Å². The minimum Gasteiger partial charge on any atom is -0.397 e. The number of carbonyl (C=O) groups excluding carboxylic acids is 1. The largest absolute Gasteiger partial charge is 0.397 e. The maximum absolute atomic E-state index is 12.9. The summed E-state index contributed by atoms with van der Waals surface area (Å²) in [6.07, 6.45) is 4.51. The van der Waals surface area contributed by atoms with Gasteiger partial charge in [-0.3, -0.25) is 4.79 Å². The van der Waals surface area contributed by atoms with Crippen LogP contribution in [0.3, 0.4) is 0 Å². The molecule has 1 atom stereocenters. The molecule has 0 radical (unpaired) electrons. The number of nitrogen functional groups attached to an aromatic ring is 1. The van der Waals surface area contributed by atoms with E-state index in [9.17, 15) is 4.79 Å². The number of aryl methyl sites for hydroxylation is 2. The van der Waals surface area contributed by atoms with Crippen LogP contribution >= 0.6 is 11.3 Å². The van der Waals surface area contributed by atoms with Crippen molar-refractivity contribution >= 4 is 33.0 Å². The lowest BCUT2D eigenvalue weighted by atomic mass is 9.85. The van der Waals surface area contributed by atoms with Crippen LogP contribution in [0.5, 0.6) is 0 Å². The van der Waals surface area contributed by atoms with Gasteiger partial charge in [0.1, 0.15) is 9.71 Å². The lowest BCUT2D eigenvalue weighted by Gasteiger charge is -2.22. The smallest absolute Gasteiger partial charge is 0.205 e. The zero-order valence-electron chi connectivity index (χ0n) is 14.6. The molecule has 2 aromatic heterocycles. The van der Waals surface area contributed by atoms with Crippen molar-refractivity contribution < 1.29 is 4.79 Å². The Kier molecular flexibility index (Phi) is 4.08. The Morgan fingerprint density at radius 1 is 1.32 bits per heavy atom. The van der Waals surface area contributed by atoms with Gasteiger partial charge >= 0.3 is 0 Å². The van der Waals surface area contributed by atoms with Gasteiger partial charge in [-0.25, -0.2) is 4.98 Å². The third kappa shape index (κ3) is 2.85. The first-order valence-corrected chi connectivity index (χ1v) is 9.70. The van der Waals surface area contributed by atoms with Crippen molar-refractivity contribution in [2.24, 2.45) is 5.92 Å². The molecule has 1 unspecified atom stereocenters. The molecule has 0 saturated carbocycles. The molecular formula is C21H22N2OS. The second kappa shape index (κ2) is 6.26. The number of fused-ring (bicyclic) bond motifs is 2. The van der Waals surface area contributed by atoms with Crippen LogP contribution in [-0.4, -0.2) is 10.8 Å². The number of carbonyl (C=O) groups is 1. The molecule has 0 bridgehead atoms. The number of anilines is 1. The molecule has 0 saturated heterocycles. The molecule has 4 rings (SSSR count). The molecule has 0 spiro atoms. The van der Waals surface area contributed by atoms with Crippen LogP contribution in [0.2, 0.25) is 0 Å². The van der Waals surface area contributed by atoms with Gasteiger partial charge in [-0.1, -0.05) is 43.2 Å². The summed E-state index contributed by atoms with van der Waals surface area (Å²) in [6, 6.07) is 9.83. The summed E-state index contributed by atoms with van der Waals surface area (Å²) < 4.78 is 0. The monoisotopic (exact) mass is 350 g/mol. The van der Waals surface area contributed by atoms with Crippen molar-refractivity contribution in [1.82, 2.24) is 4.98 Å². The minimum absolute atomic E-state index is 0.00935. The fourth-order valence-corrected chi connectivity index (χ4v) is 4.68. The summed E-state index contributed by atoms with van der Waals surface area (Å²) in [4.78, 5) is 19.2. The van der Waals surface area contributed by atoms with E-state index in [0.29, 0.717) is 16.1 Å². The molecule has 1 aliphatic carbocycles. The van der Waals surface area contributed by atoms with Gasteiger partial charge in [0.2, 0.25) is 5.78 Å². The van der Waals surface area contributed by atoms with Gasteiger partial charge in [0, 0.05) is 16.6 Å². The number of hydrogen-bond acceptors (Lipinski definition) is 4. The molecule has 25 heavy (non-hydrogen) atoms. The van der Waals surface area contributed by atoms with Crippen molar-refractivity contribution in [3.8, 4) is 0 Å². The summed E-state index contributed by atoms with van der Waals surface area (Å²) >= 11 is 1.42. The highest BCUT2D eigenvalue weighted by Gasteiger charge is 2.23. The lowest BCUT2D eigenvalue weighted by Crippen LogP contribution is -2.14. The van der Waals surface area contributed by atoms with Gasteiger partial charge in [0.15, 0.2) is 0 Å². The van der Waals surface area contributed by atoms with Crippen molar-refractivity contribution in [3.63, 3.8) is 0 Å². The van der Waals surface area contributed by atoms with Crippen LogP contribution in [0.4, 0.5) is 5.69 Å². The molecule has 3 aromatic rings. The Bertz CT molecular complexity index is 956. The summed E-state index contributed by atoms with van der Waals surface area (Å²) in [5.41, 5.74) is 11.3. The Labute approximate surface area is 151 Å². The van der Waals surface area contributed by atoms with E-state index in [1.807, 2.05) is 31.2 Å². The maximum Gasteiger partial charge on any atom is 0.205 e. The second-order valence-electron chi connectivity index (χ2n) is 7.00. The number of thiophene rings is 1. The van der Waals surface area contributed by atoms with Gasteiger partial charge in [-0.05, 0) is 43.7 Å². The maximum atomic E-state index is 12.9.